The molecule has 204 valence electrons. The van der Waals surface area contributed by atoms with E-state index in [-0.39, 0.29) is 23.1 Å². The van der Waals surface area contributed by atoms with Crippen molar-refractivity contribution in [3.63, 3.8) is 0 Å². The zero-order valence-electron chi connectivity index (χ0n) is 22.1. The second kappa shape index (κ2) is 12.6. The molecule has 0 saturated carbocycles. The Morgan fingerprint density at radius 3 is 2.28 bits per heavy atom. The molecule has 0 aliphatic carbocycles. The third-order valence-corrected chi connectivity index (χ3v) is 8.30. The van der Waals surface area contributed by atoms with Gasteiger partial charge in [-0.1, -0.05) is 67.0 Å². The molecular weight excluding hydrogens is 646 g/mol. The van der Waals surface area contributed by atoms with E-state index in [9.17, 15) is 9.59 Å². The van der Waals surface area contributed by atoms with E-state index in [2.05, 4.69) is 64.8 Å². The Labute approximate surface area is 250 Å². The van der Waals surface area contributed by atoms with Crippen LogP contribution in [-0.2, 0) is 16.8 Å². The van der Waals surface area contributed by atoms with Gasteiger partial charge in [-0.15, -0.1) is 0 Å². The van der Waals surface area contributed by atoms with E-state index in [4.69, 9.17) is 14.2 Å². The van der Waals surface area contributed by atoms with E-state index < -0.39 is 0 Å². The number of ether oxygens (including phenoxy) is 3. The number of amides is 2. The molecule has 0 unspecified atom stereocenters. The van der Waals surface area contributed by atoms with Crippen molar-refractivity contribution in [2.24, 2.45) is 0 Å². The normalized spacial score (nSPS) is 14.7. The maximum atomic E-state index is 13.0. The Kier molecular flexibility index (Phi) is 9.46. The predicted octanol–water partition coefficient (Wildman–Crippen LogP) is 8.21. The lowest BCUT2D eigenvalue weighted by atomic mass is 9.87. The summed E-state index contributed by atoms with van der Waals surface area (Å²) < 4.78 is 18.9. The third kappa shape index (κ3) is 7.26. The molecule has 3 aromatic rings. The van der Waals surface area contributed by atoms with Crippen LogP contribution in [-0.4, -0.2) is 36.4 Å². The van der Waals surface area contributed by atoms with Gasteiger partial charge in [0.1, 0.15) is 19.0 Å². The van der Waals surface area contributed by atoms with E-state index in [1.165, 1.54) is 10.5 Å². The molecule has 2 amide bonds. The van der Waals surface area contributed by atoms with E-state index in [0.717, 1.165) is 27.5 Å². The summed E-state index contributed by atoms with van der Waals surface area (Å²) in [5, 5.41) is -0.305. The average molecular weight is 675 g/mol. The summed E-state index contributed by atoms with van der Waals surface area (Å²) >= 11 is 7.95. The molecule has 9 heteroatoms. The molecule has 3 aromatic carbocycles. The van der Waals surface area contributed by atoms with Crippen LogP contribution >= 0.6 is 43.6 Å². The van der Waals surface area contributed by atoms with E-state index in [0.29, 0.717) is 39.7 Å². The highest BCUT2D eigenvalue weighted by Gasteiger charge is 2.35. The number of halogens is 2. The molecule has 1 heterocycles. The number of rotatable bonds is 9. The van der Waals surface area contributed by atoms with E-state index in [1.807, 2.05) is 42.5 Å². The molecule has 6 nitrogen and oxygen atoms in total. The molecule has 1 fully saturated rings. The van der Waals surface area contributed by atoms with Crippen LogP contribution < -0.4 is 14.2 Å². The quantitative estimate of drug-likeness (QED) is 0.168. The summed E-state index contributed by atoms with van der Waals surface area (Å²) in [6.45, 7) is 7.39. The SMILES string of the molecule is COc1cc(/C=C2\SC(=O)N(Cc3ccccc3Br)C2=O)cc(Br)c1OCCOc1ccc(C(C)(C)C)cc1. The van der Waals surface area contributed by atoms with Gasteiger partial charge in [0.2, 0.25) is 0 Å². The van der Waals surface area contributed by atoms with Crippen LogP contribution in [0, 0.1) is 0 Å². The molecule has 0 spiro atoms. The third-order valence-electron chi connectivity index (χ3n) is 6.03. The first-order chi connectivity index (χ1) is 18.6. The zero-order valence-corrected chi connectivity index (χ0v) is 26.1. The van der Waals surface area contributed by atoms with Crippen molar-refractivity contribution in [2.75, 3.05) is 20.3 Å². The maximum Gasteiger partial charge on any atom is 0.293 e. The number of hydrogen-bond donors (Lipinski definition) is 0. The number of methoxy groups -OCH3 is 1. The first-order valence-corrected chi connectivity index (χ1v) is 14.7. The highest BCUT2D eigenvalue weighted by molar-refractivity contribution is 9.10. The molecule has 1 aliphatic heterocycles. The fraction of sp³-hybridized carbons (Fsp3) is 0.267. The molecule has 0 atom stereocenters. The number of carbonyl (C=O) groups excluding carboxylic acids is 2. The van der Waals surface area contributed by atoms with Gasteiger partial charge in [-0.05, 0) is 86.2 Å². The van der Waals surface area contributed by atoms with Crippen LogP contribution in [0.25, 0.3) is 6.08 Å². The van der Waals surface area contributed by atoms with Gasteiger partial charge in [0.05, 0.1) is 23.0 Å². The Morgan fingerprint density at radius 1 is 0.923 bits per heavy atom. The van der Waals surface area contributed by atoms with Gasteiger partial charge in [-0.2, -0.15) is 0 Å². The van der Waals surface area contributed by atoms with Gasteiger partial charge in [-0.25, -0.2) is 0 Å². The van der Waals surface area contributed by atoms with Gasteiger partial charge in [0.15, 0.2) is 11.5 Å². The van der Waals surface area contributed by atoms with Gasteiger partial charge in [0, 0.05) is 4.47 Å². The molecule has 1 saturated heterocycles. The van der Waals surface area contributed by atoms with Crippen molar-refractivity contribution < 1.29 is 23.8 Å². The Hall–Kier alpha value is -2.75. The molecule has 1 aliphatic rings. The average Bonchev–Trinajstić information content (AvgIpc) is 3.15. The second-order valence-electron chi connectivity index (χ2n) is 9.86. The molecule has 39 heavy (non-hydrogen) atoms. The molecule has 0 bridgehead atoms. The molecule has 0 radical (unpaired) electrons. The Bertz CT molecular complexity index is 1400. The van der Waals surface area contributed by atoms with Crippen molar-refractivity contribution in [3.8, 4) is 17.2 Å². The van der Waals surface area contributed by atoms with Crippen LogP contribution in [0.1, 0.15) is 37.5 Å². The highest BCUT2D eigenvalue weighted by atomic mass is 79.9. The Balaban J connectivity index is 1.40. The van der Waals surface area contributed by atoms with Crippen molar-refractivity contribution in [1.82, 2.24) is 4.90 Å². The van der Waals surface area contributed by atoms with Gasteiger partial charge in [-0.3, -0.25) is 14.5 Å². The van der Waals surface area contributed by atoms with Crippen molar-refractivity contribution in [1.29, 1.82) is 0 Å². The van der Waals surface area contributed by atoms with Crippen LogP contribution in [0.3, 0.4) is 0 Å². The topological polar surface area (TPSA) is 65.1 Å². The van der Waals surface area contributed by atoms with E-state index >= 15 is 0 Å². The molecule has 0 aromatic heterocycles. The standard InChI is InChI=1S/C30H29Br2NO5S/c1-30(2,3)21-9-11-22(12-10-21)37-13-14-38-27-24(32)15-19(16-25(27)36-4)17-26-28(34)33(29(35)39-26)18-20-7-5-6-8-23(20)31/h5-12,15-17H,13-14,18H2,1-4H3/b26-17-. The summed E-state index contributed by atoms with van der Waals surface area (Å²) in [4.78, 5) is 27.2. The molecule has 0 N–H and O–H groups in total. The maximum absolute atomic E-state index is 13.0. The number of benzene rings is 3. The largest absolute Gasteiger partial charge is 0.493 e. The van der Waals surface area contributed by atoms with E-state index in [1.54, 1.807) is 19.3 Å². The first kappa shape index (κ1) is 29.2. The monoisotopic (exact) mass is 673 g/mol. The van der Waals surface area contributed by atoms with Gasteiger partial charge in [0.25, 0.3) is 11.1 Å². The fourth-order valence-electron chi connectivity index (χ4n) is 3.90. The number of thioether (sulfide) groups is 1. The fourth-order valence-corrected chi connectivity index (χ4v) is 5.72. The molecular formula is C30H29Br2NO5S. The van der Waals surface area contributed by atoms with Crippen LogP contribution in [0.2, 0.25) is 0 Å². The molecule has 4 rings (SSSR count). The summed E-state index contributed by atoms with van der Waals surface area (Å²) in [6.07, 6.45) is 1.69. The van der Waals surface area contributed by atoms with Crippen LogP contribution in [0.4, 0.5) is 4.79 Å². The van der Waals surface area contributed by atoms with Crippen LogP contribution in [0.15, 0.2) is 74.5 Å². The lowest BCUT2D eigenvalue weighted by Gasteiger charge is -2.19. The number of nitrogens with zero attached hydrogens (tertiary/aromatic N) is 1. The van der Waals surface area contributed by atoms with Crippen molar-refractivity contribution in [2.45, 2.75) is 32.7 Å². The highest BCUT2D eigenvalue weighted by Crippen LogP contribution is 2.39. The second-order valence-corrected chi connectivity index (χ2v) is 12.6. The Morgan fingerprint density at radius 2 is 1.62 bits per heavy atom. The lowest BCUT2D eigenvalue weighted by molar-refractivity contribution is -0.123. The summed E-state index contributed by atoms with van der Waals surface area (Å²) in [5.41, 5.74) is 2.89. The van der Waals surface area contributed by atoms with Crippen molar-refractivity contribution >= 4 is 60.8 Å². The number of carbonyl (C=O) groups is 2. The summed E-state index contributed by atoms with van der Waals surface area (Å²) in [7, 11) is 1.55. The number of imide groups is 1. The summed E-state index contributed by atoms with van der Waals surface area (Å²) in [6, 6.07) is 19.2. The minimum Gasteiger partial charge on any atom is -0.493 e. The smallest absolute Gasteiger partial charge is 0.293 e. The summed E-state index contributed by atoms with van der Waals surface area (Å²) in [5.74, 6) is 1.48. The first-order valence-electron chi connectivity index (χ1n) is 12.3. The van der Waals surface area contributed by atoms with Gasteiger partial charge < -0.3 is 14.2 Å². The van der Waals surface area contributed by atoms with Crippen LogP contribution in [0.5, 0.6) is 17.2 Å². The number of hydrogen-bond acceptors (Lipinski definition) is 6. The predicted molar refractivity (Wildman–Crippen MR) is 162 cm³/mol. The lowest BCUT2D eigenvalue weighted by Crippen LogP contribution is -2.27. The zero-order chi connectivity index (χ0) is 28.2. The van der Waals surface area contributed by atoms with Crippen molar-refractivity contribution in [3.05, 3.63) is 91.2 Å². The van der Waals surface area contributed by atoms with Gasteiger partial charge >= 0.3 is 0 Å². The minimum absolute atomic E-state index is 0.0881. The minimum atomic E-state index is -0.330.